The van der Waals surface area contributed by atoms with Crippen molar-refractivity contribution < 1.29 is 13.2 Å². The van der Waals surface area contributed by atoms with Crippen LogP contribution in [0, 0.1) is 0 Å². The van der Waals surface area contributed by atoms with Gasteiger partial charge in [-0.2, -0.15) is 0 Å². The van der Waals surface area contributed by atoms with Crippen LogP contribution in [0.2, 0.25) is 0 Å². The largest absolute Gasteiger partial charge is 0.333 e. The number of nitrogens with zero attached hydrogens (tertiary/aromatic N) is 1. The maximum Gasteiger partial charge on any atom is 0.254 e. The zero-order chi connectivity index (χ0) is 18.7. The topological polar surface area (TPSA) is 78.5 Å². The minimum Gasteiger partial charge on any atom is -0.333 e. The number of halogens is 1. The lowest BCUT2D eigenvalue weighted by Crippen LogP contribution is -2.57. The normalized spacial score (nSPS) is 20.1. The molecule has 1 aliphatic rings. The fourth-order valence-corrected chi connectivity index (χ4v) is 4.76. The standard InChI is InChI=1S/C18H23N3O3S2.ClH/c1-13-14(2)21(9-8-19-13)18(22)15-5-3-7-17(11-15)26(23,24)20-12-16-6-4-10-25-16;/h3-7,10-11,13-14,19-20H,8-9,12H2,1-2H3;1H. The number of hydrogen-bond acceptors (Lipinski definition) is 5. The van der Waals surface area contributed by atoms with Crippen molar-refractivity contribution >= 4 is 39.7 Å². The third-order valence-corrected chi connectivity index (χ3v) is 6.98. The van der Waals surface area contributed by atoms with Crippen molar-refractivity contribution in [3.8, 4) is 0 Å². The van der Waals surface area contributed by atoms with Gasteiger partial charge in [-0.1, -0.05) is 12.1 Å². The Morgan fingerprint density at radius 1 is 1.30 bits per heavy atom. The molecule has 0 bridgehead atoms. The van der Waals surface area contributed by atoms with Gasteiger partial charge in [-0.25, -0.2) is 13.1 Å². The van der Waals surface area contributed by atoms with Crippen LogP contribution in [-0.2, 0) is 16.6 Å². The van der Waals surface area contributed by atoms with Gasteiger partial charge in [0, 0.05) is 42.2 Å². The SMILES string of the molecule is CC1NCCN(C(=O)c2cccc(S(=O)(=O)NCc3cccs3)c2)C1C.Cl. The first-order valence-corrected chi connectivity index (χ1v) is 10.9. The Balaban J connectivity index is 0.00000261. The molecule has 6 nitrogen and oxygen atoms in total. The van der Waals surface area contributed by atoms with E-state index in [0.29, 0.717) is 12.1 Å². The van der Waals surface area contributed by atoms with Crippen LogP contribution in [0.25, 0.3) is 0 Å². The first kappa shape index (κ1) is 21.8. The predicted molar refractivity (Wildman–Crippen MR) is 110 cm³/mol. The second-order valence-corrected chi connectivity index (χ2v) is 9.21. The molecule has 0 spiro atoms. The zero-order valence-corrected chi connectivity index (χ0v) is 17.7. The number of carbonyl (C=O) groups is 1. The van der Waals surface area contributed by atoms with E-state index in [1.807, 2.05) is 31.4 Å². The number of carbonyl (C=O) groups excluding carboxylic acids is 1. The molecular formula is C18H24ClN3O3S2. The van der Waals surface area contributed by atoms with Crippen molar-refractivity contribution in [3.05, 3.63) is 52.2 Å². The first-order valence-electron chi connectivity index (χ1n) is 8.55. The summed E-state index contributed by atoms with van der Waals surface area (Å²) in [6.45, 7) is 5.62. The van der Waals surface area contributed by atoms with Crippen LogP contribution in [0.15, 0.2) is 46.7 Å². The van der Waals surface area contributed by atoms with Gasteiger partial charge in [-0.3, -0.25) is 4.79 Å². The van der Waals surface area contributed by atoms with Crippen LogP contribution >= 0.6 is 23.7 Å². The van der Waals surface area contributed by atoms with Crippen molar-refractivity contribution in [1.82, 2.24) is 14.9 Å². The van der Waals surface area contributed by atoms with Gasteiger partial charge in [0.1, 0.15) is 0 Å². The van der Waals surface area contributed by atoms with E-state index in [2.05, 4.69) is 10.0 Å². The van der Waals surface area contributed by atoms with Crippen LogP contribution in [0.3, 0.4) is 0 Å². The average molecular weight is 430 g/mol. The highest BCUT2D eigenvalue weighted by atomic mass is 35.5. The molecule has 1 aliphatic heterocycles. The highest BCUT2D eigenvalue weighted by Crippen LogP contribution is 2.18. The van der Waals surface area contributed by atoms with Crippen LogP contribution < -0.4 is 10.0 Å². The minimum atomic E-state index is -3.67. The molecule has 27 heavy (non-hydrogen) atoms. The Morgan fingerprint density at radius 2 is 2.07 bits per heavy atom. The summed E-state index contributed by atoms with van der Waals surface area (Å²) in [4.78, 5) is 15.7. The maximum absolute atomic E-state index is 12.9. The Bertz CT molecular complexity index is 872. The van der Waals surface area contributed by atoms with Gasteiger partial charge in [0.05, 0.1) is 4.90 Å². The van der Waals surface area contributed by atoms with Gasteiger partial charge in [0.15, 0.2) is 0 Å². The molecule has 1 fully saturated rings. The van der Waals surface area contributed by atoms with E-state index in [0.717, 1.165) is 11.4 Å². The summed E-state index contributed by atoms with van der Waals surface area (Å²) in [6.07, 6.45) is 0. The predicted octanol–water partition coefficient (Wildman–Crippen LogP) is 2.47. The number of piperazine rings is 1. The quantitative estimate of drug-likeness (QED) is 0.765. The monoisotopic (exact) mass is 429 g/mol. The van der Waals surface area contributed by atoms with E-state index >= 15 is 0 Å². The molecule has 0 radical (unpaired) electrons. The fraction of sp³-hybridized carbons (Fsp3) is 0.389. The number of hydrogen-bond donors (Lipinski definition) is 2. The van der Waals surface area contributed by atoms with Gasteiger partial charge in [-0.05, 0) is 43.5 Å². The number of thiophene rings is 1. The van der Waals surface area contributed by atoms with Crippen molar-refractivity contribution in [2.45, 2.75) is 37.4 Å². The summed E-state index contributed by atoms with van der Waals surface area (Å²) in [5, 5.41) is 5.24. The molecule has 2 aromatic rings. The van der Waals surface area contributed by atoms with Crippen molar-refractivity contribution in [2.24, 2.45) is 0 Å². The van der Waals surface area contributed by atoms with E-state index < -0.39 is 10.0 Å². The second-order valence-electron chi connectivity index (χ2n) is 6.41. The molecule has 2 unspecified atom stereocenters. The van der Waals surface area contributed by atoms with E-state index in [9.17, 15) is 13.2 Å². The zero-order valence-electron chi connectivity index (χ0n) is 15.2. The van der Waals surface area contributed by atoms with E-state index in [4.69, 9.17) is 0 Å². The van der Waals surface area contributed by atoms with Crippen LogP contribution in [0.5, 0.6) is 0 Å². The fourth-order valence-electron chi connectivity index (χ4n) is 2.97. The summed E-state index contributed by atoms with van der Waals surface area (Å²) < 4.78 is 27.7. The van der Waals surface area contributed by atoms with Crippen molar-refractivity contribution in [3.63, 3.8) is 0 Å². The number of amides is 1. The van der Waals surface area contributed by atoms with Crippen molar-refractivity contribution in [2.75, 3.05) is 13.1 Å². The molecule has 2 atom stereocenters. The Labute approximate surface area is 170 Å². The molecule has 1 amide bonds. The molecule has 2 heterocycles. The lowest BCUT2D eigenvalue weighted by Gasteiger charge is -2.38. The molecule has 0 saturated carbocycles. The number of benzene rings is 1. The third kappa shape index (κ3) is 5.08. The molecule has 0 aliphatic carbocycles. The molecule has 1 aromatic carbocycles. The molecule has 148 valence electrons. The van der Waals surface area contributed by atoms with Gasteiger partial charge in [-0.15, -0.1) is 23.7 Å². The highest BCUT2D eigenvalue weighted by molar-refractivity contribution is 7.89. The van der Waals surface area contributed by atoms with Gasteiger partial charge >= 0.3 is 0 Å². The maximum atomic E-state index is 12.9. The number of nitrogens with one attached hydrogen (secondary N) is 2. The molecule has 1 saturated heterocycles. The Kier molecular flexibility index (Phi) is 7.41. The second kappa shape index (κ2) is 9.16. The molecule has 1 aromatic heterocycles. The summed E-state index contributed by atoms with van der Waals surface area (Å²) in [6, 6.07) is 10.3. The smallest absolute Gasteiger partial charge is 0.254 e. The van der Waals surface area contributed by atoms with E-state index in [-0.39, 0.29) is 41.8 Å². The number of sulfonamides is 1. The third-order valence-electron chi connectivity index (χ3n) is 4.70. The Hall–Kier alpha value is -1.45. The molecule has 3 rings (SSSR count). The van der Waals surface area contributed by atoms with E-state index in [1.165, 1.54) is 23.5 Å². The lowest BCUT2D eigenvalue weighted by atomic mass is 10.1. The van der Waals surface area contributed by atoms with E-state index in [1.54, 1.807) is 17.0 Å². The molecule has 9 heteroatoms. The molecule has 2 N–H and O–H groups in total. The summed E-state index contributed by atoms with van der Waals surface area (Å²) in [5.74, 6) is -0.138. The van der Waals surface area contributed by atoms with Gasteiger partial charge < -0.3 is 10.2 Å². The summed E-state index contributed by atoms with van der Waals surface area (Å²) in [7, 11) is -3.67. The number of rotatable bonds is 5. The van der Waals surface area contributed by atoms with Crippen LogP contribution in [-0.4, -0.2) is 44.4 Å². The summed E-state index contributed by atoms with van der Waals surface area (Å²) >= 11 is 1.49. The van der Waals surface area contributed by atoms with Crippen molar-refractivity contribution in [1.29, 1.82) is 0 Å². The van der Waals surface area contributed by atoms with Gasteiger partial charge in [0.25, 0.3) is 5.91 Å². The highest BCUT2D eigenvalue weighted by Gasteiger charge is 2.29. The first-order chi connectivity index (χ1) is 12.4. The Morgan fingerprint density at radius 3 is 2.78 bits per heavy atom. The summed E-state index contributed by atoms with van der Waals surface area (Å²) in [5.41, 5.74) is 0.393. The lowest BCUT2D eigenvalue weighted by molar-refractivity contribution is 0.0602. The van der Waals surface area contributed by atoms with Crippen LogP contribution in [0.1, 0.15) is 29.1 Å². The minimum absolute atomic E-state index is 0. The van der Waals surface area contributed by atoms with Crippen LogP contribution in [0.4, 0.5) is 0 Å². The average Bonchev–Trinajstić information content (AvgIpc) is 3.16. The van der Waals surface area contributed by atoms with Gasteiger partial charge in [0.2, 0.25) is 10.0 Å². The molecular weight excluding hydrogens is 406 g/mol.